The molecule has 0 amide bonds. The van der Waals surface area contributed by atoms with Crippen LogP contribution in [0.15, 0.2) is 93.0 Å². The highest BCUT2D eigenvalue weighted by molar-refractivity contribution is 7.89. The van der Waals surface area contributed by atoms with Crippen LogP contribution < -0.4 is 0 Å². The van der Waals surface area contributed by atoms with Crippen molar-refractivity contribution < 1.29 is 17.2 Å². The van der Waals surface area contributed by atoms with Crippen molar-refractivity contribution >= 4 is 20.0 Å². The average Bonchev–Trinajstić information content (AvgIpc) is 2.88. The SMILES string of the molecule is Cc1ccc(CN(CCc2ccccc2)S(=O)(=O)c2ccc(S(=O)(O)=NC3CCCCC3)cc2)cc1. The Morgan fingerprint density at radius 3 is 2.06 bits per heavy atom. The predicted molar refractivity (Wildman–Crippen MR) is 144 cm³/mol. The van der Waals surface area contributed by atoms with Crippen LogP contribution in [-0.2, 0) is 33.0 Å². The lowest BCUT2D eigenvalue weighted by Gasteiger charge is -2.23. The number of sulfonamides is 1. The first-order valence-corrected chi connectivity index (χ1v) is 15.3. The lowest BCUT2D eigenvalue weighted by Crippen LogP contribution is -2.32. The second-order valence-corrected chi connectivity index (χ2v) is 13.0. The molecule has 0 spiro atoms. The number of hydrogen-bond acceptors (Lipinski definition) is 4. The minimum Gasteiger partial charge on any atom is -0.297 e. The Morgan fingerprint density at radius 2 is 1.42 bits per heavy atom. The van der Waals surface area contributed by atoms with Gasteiger partial charge in [0, 0.05) is 13.1 Å². The molecule has 4 rings (SSSR count). The Labute approximate surface area is 215 Å². The van der Waals surface area contributed by atoms with Gasteiger partial charge in [-0.3, -0.25) is 4.55 Å². The van der Waals surface area contributed by atoms with Crippen molar-refractivity contribution in [3.05, 3.63) is 95.6 Å². The zero-order valence-corrected chi connectivity index (χ0v) is 22.3. The molecular weight excluding hydrogens is 492 g/mol. The quantitative estimate of drug-likeness (QED) is 0.367. The molecular formula is C28H34N2O4S2. The summed E-state index contributed by atoms with van der Waals surface area (Å²) in [7, 11) is -7.42. The molecule has 3 aromatic carbocycles. The van der Waals surface area contributed by atoms with Crippen molar-refractivity contribution in [2.75, 3.05) is 6.54 Å². The molecule has 1 unspecified atom stereocenters. The van der Waals surface area contributed by atoms with Crippen molar-refractivity contribution in [1.29, 1.82) is 0 Å². The highest BCUT2D eigenvalue weighted by Gasteiger charge is 2.25. The molecule has 1 saturated carbocycles. The third-order valence-corrected chi connectivity index (χ3v) is 9.94. The Hall–Kier alpha value is -2.52. The van der Waals surface area contributed by atoms with E-state index < -0.39 is 20.0 Å². The number of benzene rings is 3. The predicted octanol–water partition coefficient (Wildman–Crippen LogP) is 6.06. The maximum atomic E-state index is 13.7. The van der Waals surface area contributed by atoms with E-state index in [1.54, 1.807) is 0 Å². The summed E-state index contributed by atoms with van der Waals surface area (Å²) in [5, 5.41) is 0. The molecule has 0 radical (unpaired) electrons. The van der Waals surface area contributed by atoms with Crippen LogP contribution in [0.2, 0.25) is 0 Å². The second-order valence-electron chi connectivity index (χ2n) is 9.43. The van der Waals surface area contributed by atoms with Crippen LogP contribution in [0.3, 0.4) is 0 Å². The second kappa shape index (κ2) is 11.7. The summed E-state index contributed by atoms with van der Waals surface area (Å²) in [6.45, 7) is 2.55. The molecule has 1 fully saturated rings. The molecule has 8 heteroatoms. The van der Waals surface area contributed by atoms with Gasteiger partial charge in [-0.05, 0) is 61.6 Å². The molecule has 36 heavy (non-hydrogen) atoms. The van der Waals surface area contributed by atoms with Crippen molar-refractivity contribution in [3.63, 3.8) is 0 Å². The van der Waals surface area contributed by atoms with E-state index in [1.165, 1.54) is 28.6 Å². The van der Waals surface area contributed by atoms with Gasteiger partial charge in [0.25, 0.3) is 0 Å². The van der Waals surface area contributed by atoms with Crippen LogP contribution >= 0.6 is 0 Å². The molecule has 1 N–H and O–H groups in total. The van der Waals surface area contributed by atoms with E-state index in [1.807, 2.05) is 61.5 Å². The van der Waals surface area contributed by atoms with E-state index >= 15 is 0 Å². The minimum absolute atomic E-state index is 0.0966. The van der Waals surface area contributed by atoms with Crippen LogP contribution in [0.25, 0.3) is 0 Å². The van der Waals surface area contributed by atoms with Crippen LogP contribution in [0.1, 0.15) is 48.8 Å². The van der Waals surface area contributed by atoms with E-state index in [4.69, 9.17) is 0 Å². The Morgan fingerprint density at radius 1 is 0.806 bits per heavy atom. The number of rotatable bonds is 9. The Bertz CT molecular complexity index is 1360. The van der Waals surface area contributed by atoms with Gasteiger partial charge in [-0.2, -0.15) is 4.31 Å². The number of hydrogen-bond donors (Lipinski definition) is 1. The van der Waals surface area contributed by atoms with Gasteiger partial charge in [0.2, 0.25) is 10.0 Å². The highest BCUT2D eigenvalue weighted by Crippen LogP contribution is 2.25. The molecule has 0 aliphatic heterocycles. The summed E-state index contributed by atoms with van der Waals surface area (Å²) in [5.74, 6) is 0. The topological polar surface area (TPSA) is 87.0 Å². The smallest absolute Gasteiger partial charge is 0.243 e. The summed E-state index contributed by atoms with van der Waals surface area (Å²) >= 11 is 0. The maximum absolute atomic E-state index is 13.7. The fraction of sp³-hybridized carbons (Fsp3) is 0.357. The molecule has 0 heterocycles. The molecule has 1 aliphatic rings. The summed E-state index contributed by atoms with van der Waals surface area (Å²) in [6.07, 6.45) is 5.38. The lowest BCUT2D eigenvalue weighted by atomic mass is 9.97. The monoisotopic (exact) mass is 526 g/mol. The molecule has 6 nitrogen and oxygen atoms in total. The maximum Gasteiger partial charge on any atom is 0.243 e. The van der Waals surface area contributed by atoms with Crippen LogP contribution in [0.4, 0.5) is 0 Å². The summed E-state index contributed by atoms with van der Waals surface area (Å²) in [6, 6.07) is 23.2. The van der Waals surface area contributed by atoms with Gasteiger partial charge in [0.05, 0.1) is 15.8 Å². The lowest BCUT2D eigenvalue weighted by molar-refractivity contribution is 0.409. The first-order valence-electron chi connectivity index (χ1n) is 12.4. The summed E-state index contributed by atoms with van der Waals surface area (Å²) in [5.41, 5.74) is 3.07. The summed E-state index contributed by atoms with van der Waals surface area (Å²) in [4.78, 5) is 0.237. The molecule has 0 saturated heterocycles. The van der Waals surface area contributed by atoms with E-state index in [0.29, 0.717) is 13.0 Å². The van der Waals surface area contributed by atoms with Gasteiger partial charge in [-0.15, -0.1) is 0 Å². The largest absolute Gasteiger partial charge is 0.297 e. The zero-order valence-electron chi connectivity index (χ0n) is 20.6. The third kappa shape index (κ3) is 6.82. The number of nitrogens with zero attached hydrogens (tertiary/aromatic N) is 2. The first kappa shape index (κ1) is 26.5. The summed E-state index contributed by atoms with van der Waals surface area (Å²) < 4.78 is 56.5. The minimum atomic E-state index is -3.84. The van der Waals surface area contributed by atoms with E-state index in [2.05, 4.69) is 4.36 Å². The average molecular weight is 527 g/mol. The number of aryl methyl sites for hydroxylation is 1. The molecule has 1 atom stereocenters. The van der Waals surface area contributed by atoms with Crippen LogP contribution in [0.5, 0.6) is 0 Å². The van der Waals surface area contributed by atoms with Gasteiger partial charge in [-0.25, -0.2) is 17.0 Å². The standard InChI is InChI=1S/C28H34N2O4S2/c1-23-12-14-25(15-13-23)22-30(21-20-24-8-4-2-5-9-24)36(33,34)28-18-16-27(17-19-28)35(31,32)29-26-10-6-3-7-11-26/h2,4-5,8-9,12-19,26H,3,6-7,10-11,20-22H2,1H3,(H,29,31,32). The molecule has 1 aliphatic carbocycles. The van der Waals surface area contributed by atoms with Gasteiger partial charge < -0.3 is 0 Å². The fourth-order valence-electron chi connectivity index (χ4n) is 4.47. The third-order valence-electron chi connectivity index (χ3n) is 6.61. The zero-order chi connectivity index (χ0) is 25.6. The van der Waals surface area contributed by atoms with Gasteiger partial charge in [0.1, 0.15) is 0 Å². The van der Waals surface area contributed by atoms with Crippen molar-refractivity contribution in [2.24, 2.45) is 4.36 Å². The van der Waals surface area contributed by atoms with Crippen molar-refractivity contribution in [1.82, 2.24) is 4.31 Å². The first-order chi connectivity index (χ1) is 17.2. The van der Waals surface area contributed by atoms with Gasteiger partial charge in [-0.1, -0.05) is 79.4 Å². The van der Waals surface area contributed by atoms with Crippen molar-refractivity contribution in [3.8, 4) is 0 Å². The van der Waals surface area contributed by atoms with E-state index in [0.717, 1.165) is 48.8 Å². The van der Waals surface area contributed by atoms with Gasteiger partial charge in [0.15, 0.2) is 10.0 Å². The Balaban J connectivity index is 1.58. The molecule has 0 bridgehead atoms. The normalized spacial score (nSPS) is 16.5. The molecule has 192 valence electrons. The highest BCUT2D eigenvalue weighted by atomic mass is 32.2. The molecule has 0 aromatic heterocycles. The van der Waals surface area contributed by atoms with Gasteiger partial charge >= 0.3 is 0 Å². The van der Waals surface area contributed by atoms with Crippen molar-refractivity contribution in [2.45, 2.75) is 67.8 Å². The molecule has 3 aromatic rings. The van der Waals surface area contributed by atoms with E-state index in [9.17, 15) is 17.2 Å². The fourth-order valence-corrected chi connectivity index (χ4v) is 7.12. The van der Waals surface area contributed by atoms with Crippen LogP contribution in [0, 0.1) is 6.92 Å². The van der Waals surface area contributed by atoms with E-state index in [-0.39, 0.29) is 22.4 Å². The Kier molecular flexibility index (Phi) is 8.62. The van der Waals surface area contributed by atoms with Crippen LogP contribution in [-0.4, -0.2) is 34.1 Å².